The van der Waals surface area contributed by atoms with Gasteiger partial charge in [-0.2, -0.15) is 13.2 Å². The lowest BCUT2D eigenvalue weighted by atomic mass is 10.1. The van der Waals surface area contributed by atoms with E-state index < -0.39 is 12.1 Å². The van der Waals surface area contributed by atoms with E-state index >= 15 is 0 Å². The molecule has 0 amide bonds. The average Bonchev–Trinajstić information content (AvgIpc) is 3.50. The molecule has 0 bridgehead atoms. The Morgan fingerprint density at radius 1 is 1.11 bits per heavy atom. The third-order valence-electron chi connectivity index (χ3n) is 5.82. The molecule has 3 aromatic heterocycles. The summed E-state index contributed by atoms with van der Waals surface area (Å²) in [6.07, 6.45) is 0.541. The molecule has 1 fully saturated rings. The quantitative estimate of drug-likeness (QED) is 0.464. The van der Waals surface area contributed by atoms with Crippen molar-refractivity contribution in [1.29, 1.82) is 0 Å². The summed E-state index contributed by atoms with van der Waals surface area (Å²) >= 11 is 0. The Hall–Kier alpha value is -3.70. The highest BCUT2D eigenvalue weighted by molar-refractivity contribution is 5.73. The summed E-state index contributed by atoms with van der Waals surface area (Å²) in [6, 6.07) is 16.9. The number of pyridine rings is 1. The number of hydrogen-bond donors (Lipinski definition) is 1. The van der Waals surface area contributed by atoms with Crippen molar-refractivity contribution in [2.45, 2.75) is 18.8 Å². The summed E-state index contributed by atoms with van der Waals surface area (Å²) in [6.45, 7) is 3.87. The molecule has 1 aliphatic rings. The molecule has 5 rings (SSSR count). The molecule has 1 saturated heterocycles. The van der Waals surface area contributed by atoms with Gasteiger partial charge < -0.3 is 9.52 Å². The Bertz CT molecular complexity index is 1260. The summed E-state index contributed by atoms with van der Waals surface area (Å²) in [5.74, 6) is -2.76. The first-order chi connectivity index (χ1) is 16.7. The number of nitrogens with zero attached hydrogens (tertiary/aromatic N) is 5. The molecule has 0 aliphatic carbocycles. The van der Waals surface area contributed by atoms with E-state index in [1.165, 1.54) is 11.1 Å². The number of piperazine rings is 1. The molecule has 1 aromatic carbocycles. The monoisotopic (exact) mass is 487 g/mol. The molecule has 1 atom stereocenters. The molecule has 0 saturated carbocycles. The van der Waals surface area contributed by atoms with Crippen molar-refractivity contribution in [2.75, 3.05) is 26.7 Å². The van der Waals surface area contributed by atoms with Crippen molar-refractivity contribution in [1.82, 2.24) is 24.6 Å². The van der Waals surface area contributed by atoms with Crippen LogP contribution in [-0.4, -0.2) is 68.6 Å². The Morgan fingerprint density at radius 3 is 2.51 bits per heavy atom. The number of carboxylic acid groups (broad SMARTS) is 1. The SMILES string of the molecule is CN1CCN(Cc2ccoc2)CC1c1nnn2cc(-c3ccccc3)ccc12.O=C(O)C(F)(F)F. The molecule has 184 valence electrons. The third kappa shape index (κ3) is 5.87. The lowest BCUT2D eigenvalue weighted by Crippen LogP contribution is -2.46. The fraction of sp³-hybridized carbons (Fsp3) is 0.292. The van der Waals surface area contributed by atoms with Crippen molar-refractivity contribution in [2.24, 2.45) is 0 Å². The molecular formula is C24H24F3N5O3. The van der Waals surface area contributed by atoms with E-state index in [0.29, 0.717) is 0 Å². The Kier molecular flexibility index (Phi) is 7.17. The van der Waals surface area contributed by atoms with Gasteiger partial charge in [0.15, 0.2) is 0 Å². The van der Waals surface area contributed by atoms with Crippen LogP contribution in [0.25, 0.3) is 16.6 Å². The van der Waals surface area contributed by atoms with E-state index in [1.54, 1.807) is 6.26 Å². The van der Waals surface area contributed by atoms with Crippen LogP contribution >= 0.6 is 0 Å². The molecule has 1 aliphatic heterocycles. The number of aromatic nitrogens is 3. The Morgan fingerprint density at radius 2 is 1.86 bits per heavy atom. The van der Waals surface area contributed by atoms with Gasteiger partial charge in [-0.15, -0.1) is 5.10 Å². The molecule has 11 heteroatoms. The number of likely N-dealkylation sites (N-methyl/N-ethyl adjacent to an activating group) is 1. The normalized spacial score (nSPS) is 17.2. The molecule has 0 radical (unpaired) electrons. The summed E-state index contributed by atoms with van der Waals surface area (Å²) < 4.78 is 38.9. The van der Waals surface area contributed by atoms with Gasteiger partial charge in [-0.05, 0) is 24.7 Å². The number of hydrogen-bond acceptors (Lipinski definition) is 6. The van der Waals surface area contributed by atoms with Crippen LogP contribution in [-0.2, 0) is 11.3 Å². The van der Waals surface area contributed by atoms with Crippen LogP contribution < -0.4 is 0 Å². The lowest BCUT2D eigenvalue weighted by molar-refractivity contribution is -0.192. The van der Waals surface area contributed by atoms with E-state index in [9.17, 15) is 13.2 Å². The second-order valence-corrected chi connectivity index (χ2v) is 8.25. The minimum Gasteiger partial charge on any atom is -0.475 e. The molecule has 8 nitrogen and oxygen atoms in total. The van der Waals surface area contributed by atoms with Crippen molar-refractivity contribution < 1.29 is 27.5 Å². The smallest absolute Gasteiger partial charge is 0.475 e. The van der Waals surface area contributed by atoms with Crippen LogP contribution in [0.1, 0.15) is 17.3 Å². The van der Waals surface area contributed by atoms with Gasteiger partial charge in [0.25, 0.3) is 0 Å². The van der Waals surface area contributed by atoms with Gasteiger partial charge in [-0.25, -0.2) is 9.31 Å². The van der Waals surface area contributed by atoms with Gasteiger partial charge in [-0.3, -0.25) is 9.80 Å². The van der Waals surface area contributed by atoms with E-state index in [1.807, 2.05) is 22.9 Å². The summed E-state index contributed by atoms with van der Waals surface area (Å²) in [5, 5.41) is 16.1. The molecule has 35 heavy (non-hydrogen) atoms. The average molecular weight is 487 g/mol. The number of benzene rings is 1. The first kappa shape index (κ1) is 24.4. The first-order valence-electron chi connectivity index (χ1n) is 10.9. The summed E-state index contributed by atoms with van der Waals surface area (Å²) in [7, 11) is 2.17. The second kappa shape index (κ2) is 10.3. The van der Waals surface area contributed by atoms with Crippen LogP contribution in [0.3, 0.4) is 0 Å². The number of aliphatic carboxylic acids is 1. The minimum atomic E-state index is -5.08. The number of carboxylic acids is 1. The van der Waals surface area contributed by atoms with Gasteiger partial charge in [0.2, 0.25) is 0 Å². The maximum atomic E-state index is 10.6. The molecule has 4 heterocycles. The first-order valence-corrected chi connectivity index (χ1v) is 10.9. The standard InChI is InChI=1S/C22H23N5O.C2HF3O2/c1-25-10-11-26(13-17-9-12-28-16-17)15-21(25)22-20-8-7-19(14-27(20)24-23-22)18-5-3-2-4-6-18;3-2(4,5)1(6)7/h2-9,12,14,16,21H,10-11,13,15H2,1H3;(H,6,7). The van der Waals surface area contributed by atoms with Crippen molar-refractivity contribution in [3.63, 3.8) is 0 Å². The number of carbonyl (C=O) groups is 1. The predicted molar refractivity (Wildman–Crippen MR) is 121 cm³/mol. The number of halogens is 3. The van der Waals surface area contributed by atoms with Crippen LogP contribution in [0.5, 0.6) is 0 Å². The van der Waals surface area contributed by atoms with Crippen molar-refractivity contribution >= 4 is 11.5 Å². The van der Waals surface area contributed by atoms with Gasteiger partial charge in [0.05, 0.1) is 24.1 Å². The molecular weight excluding hydrogens is 463 g/mol. The van der Waals surface area contributed by atoms with Crippen molar-refractivity contribution in [3.8, 4) is 11.1 Å². The van der Waals surface area contributed by atoms with E-state index in [-0.39, 0.29) is 6.04 Å². The fourth-order valence-corrected chi connectivity index (χ4v) is 3.96. The van der Waals surface area contributed by atoms with Gasteiger partial charge in [-0.1, -0.05) is 41.6 Å². The maximum absolute atomic E-state index is 10.6. The highest BCUT2D eigenvalue weighted by Gasteiger charge is 2.38. The van der Waals surface area contributed by atoms with Crippen molar-refractivity contribution in [3.05, 3.63) is 78.5 Å². The van der Waals surface area contributed by atoms with Crippen LogP contribution in [0, 0.1) is 0 Å². The number of alkyl halides is 3. The van der Waals surface area contributed by atoms with Gasteiger partial charge in [0.1, 0.15) is 5.69 Å². The fourth-order valence-electron chi connectivity index (χ4n) is 3.96. The number of rotatable bonds is 4. The molecule has 1 unspecified atom stereocenters. The molecule has 1 N–H and O–H groups in total. The van der Waals surface area contributed by atoms with Gasteiger partial charge in [0, 0.05) is 43.5 Å². The second-order valence-electron chi connectivity index (χ2n) is 8.25. The highest BCUT2D eigenvalue weighted by atomic mass is 19.4. The number of furan rings is 1. The minimum absolute atomic E-state index is 0.223. The van der Waals surface area contributed by atoms with Crippen LogP contribution in [0.2, 0.25) is 0 Å². The van der Waals surface area contributed by atoms with E-state index in [4.69, 9.17) is 14.3 Å². The lowest BCUT2D eigenvalue weighted by Gasteiger charge is -2.38. The van der Waals surface area contributed by atoms with Crippen LogP contribution in [0.15, 0.2) is 71.7 Å². The third-order valence-corrected chi connectivity index (χ3v) is 5.82. The van der Waals surface area contributed by atoms with E-state index in [0.717, 1.165) is 43.0 Å². The van der Waals surface area contributed by atoms with Gasteiger partial charge >= 0.3 is 12.1 Å². The zero-order valence-corrected chi connectivity index (χ0v) is 18.9. The highest BCUT2D eigenvalue weighted by Crippen LogP contribution is 2.28. The predicted octanol–water partition coefficient (Wildman–Crippen LogP) is 4.11. The Balaban J connectivity index is 0.000000364. The maximum Gasteiger partial charge on any atom is 0.490 e. The van der Waals surface area contributed by atoms with Crippen LogP contribution in [0.4, 0.5) is 13.2 Å². The van der Waals surface area contributed by atoms with E-state index in [2.05, 4.69) is 69.8 Å². The summed E-state index contributed by atoms with van der Waals surface area (Å²) in [4.78, 5) is 13.7. The zero-order valence-electron chi connectivity index (χ0n) is 18.9. The Labute approximate surface area is 199 Å². The molecule has 4 aromatic rings. The number of fused-ring (bicyclic) bond motifs is 1. The largest absolute Gasteiger partial charge is 0.490 e. The summed E-state index contributed by atoms with van der Waals surface area (Å²) in [5.41, 5.74) is 5.65. The molecule has 0 spiro atoms. The zero-order chi connectivity index (χ0) is 25.0. The topological polar surface area (TPSA) is 87.1 Å².